The number of nitrogen functional groups attached to an aromatic ring is 1. The second-order valence-corrected chi connectivity index (χ2v) is 6.67. The lowest BCUT2D eigenvalue weighted by Gasteiger charge is -2.24. The van der Waals surface area contributed by atoms with E-state index in [0.29, 0.717) is 17.1 Å². The number of benzene rings is 1. The van der Waals surface area contributed by atoms with Crippen molar-refractivity contribution in [2.24, 2.45) is 0 Å². The molecule has 0 spiro atoms. The molecule has 0 aliphatic heterocycles. The number of anilines is 1. The second kappa shape index (κ2) is 5.38. The SMILES string of the molecule is COc1ccc(N)cc1S(=O)(=O)N(CC(F)(F)F)C1CC1. The van der Waals surface area contributed by atoms with Crippen molar-refractivity contribution < 1.29 is 26.3 Å². The first-order valence-electron chi connectivity index (χ1n) is 6.17. The molecule has 0 saturated heterocycles. The van der Waals surface area contributed by atoms with Gasteiger partial charge >= 0.3 is 6.18 Å². The Hall–Kier alpha value is -1.48. The molecular formula is C12H15F3N2O3S. The van der Waals surface area contributed by atoms with E-state index in [4.69, 9.17) is 10.5 Å². The lowest BCUT2D eigenvalue weighted by Crippen LogP contribution is -2.40. The van der Waals surface area contributed by atoms with Crippen LogP contribution in [0.25, 0.3) is 0 Å². The molecule has 2 rings (SSSR count). The van der Waals surface area contributed by atoms with Crippen LogP contribution < -0.4 is 10.5 Å². The summed E-state index contributed by atoms with van der Waals surface area (Å²) in [6.45, 7) is -1.52. The number of methoxy groups -OCH3 is 1. The van der Waals surface area contributed by atoms with Crippen LogP contribution in [0.4, 0.5) is 18.9 Å². The van der Waals surface area contributed by atoms with Crippen molar-refractivity contribution >= 4 is 15.7 Å². The van der Waals surface area contributed by atoms with Crippen molar-refractivity contribution in [3.8, 4) is 5.75 Å². The standard InChI is InChI=1S/C12H15F3N2O3S/c1-20-10-5-2-8(16)6-11(10)21(18,19)17(9-3-4-9)7-12(13,14)15/h2,5-6,9H,3-4,7,16H2,1H3. The first-order valence-corrected chi connectivity index (χ1v) is 7.61. The molecule has 0 atom stereocenters. The molecule has 0 heterocycles. The van der Waals surface area contributed by atoms with Crippen LogP contribution >= 0.6 is 0 Å². The second-order valence-electron chi connectivity index (χ2n) is 4.81. The summed E-state index contributed by atoms with van der Waals surface area (Å²) in [5.41, 5.74) is 5.67. The van der Waals surface area contributed by atoms with Crippen LogP contribution in [0.15, 0.2) is 23.1 Å². The number of ether oxygens (including phenoxy) is 1. The zero-order valence-corrected chi connectivity index (χ0v) is 12.0. The van der Waals surface area contributed by atoms with Crippen molar-refractivity contribution in [2.45, 2.75) is 30.0 Å². The third-order valence-corrected chi connectivity index (χ3v) is 4.98. The summed E-state index contributed by atoms with van der Waals surface area (Å²) < 4.78 is 68.3. The molecule has 9 heteroatoms. The fourth-order valence-electron chi connectivity index (χ4n) is 1.97. The minimum atomic E-state index is -4.61. The Bertz CT molecular complexity index is 627. The van der Waals surface area contributed by atoms with Crippen LogP contribution in [0, 0.1) is 0 Å². The van der Waals surface area contributed by atoms with Gasteiger partial charge in [0.05, 0.1) is 7.11 Å². The van der Waals surface area contributed by atoms with Gasteiger partial charge < -0.3 is 10.5 Å². The average Bonchev–Trinajstić information content (AvgIpc) is 3.19. The predicted molar refractivity (Wildman–Crippen MR) is 70.4 cm³/mol. The highest BCUT2D eigenvalue weighted by atomic mass is 32.2. The summed E-state index contributed by atoms with van der Waals surface area (Å²) in [4.78, 5) is -0.346. The third kappa shape index (κ3) is 3.59. The van der Waals surface area contributed by atoms with Gasteiger partial charge in [0.15, 0.2) is 0 Å². The molecule has 5 nitrogen and oxygen atoms in total. The fraction of sp³-hybridized carbons (Fsp3) is 0.500. The first kappa shape index (κ1) is 15.9. The summed E-state index contributed by atoms with van der Waals surface area (Å²) in [5.74, 6) is -0.0305. The Balaban J connectivity index is 2.46. The molecule has 2 N–H and O–H groups in total. The van der Waals surface area contributed by atoms with E-state index < -0.39 is 28.8 Å². The van der Waals surface area contributed by atoms with Crippen molar-refractivity contribution in [1.82, 2.24) is 4.31 Å². The van der Waals surface area contributed by atoms with Gasteiger partial charge in [-0.3, -0.25) is 0 Å². The molecule has 0 aromatic heterocycles. The number of alkyl halides is 3. The lowest BCUT2D eigenvalue weighted by molar-refractivity contribution is -0.137. The molecule has 1 aromatic rings. The molecule has 1 aliphatic rings. The minimum Gasteiger partial charge on any atom is -0.495 e. The van der Waals surface area contributed by atoms with E-state index >= 15 is 0 Å². The van der Waals surface area contributed by atoms with Gasteiger partial charge in [0, 0.05) is 11.7 Å². The quantitative estimate of drug-likeness (QED) is 0.841. The number of nitrogens with zero attached hydrogens (tertiary/aromatic N) is 1. The van der Waals surface area contributed by atoms with Crippen LogP contribution in [0.5, 0.6) is 5.75 Å². The number of hydrogen-bond acceptors (Lipinski definition) is 4. The average molecular weight is 324 g/mol. The van der Waals surface area contributed by atoms with Gasteiger partial charge in [-0.25, -0.2) is 8.42 Å². The van der Waals surface area contributed by atoms with Gasteiger partial charge in [0.25, 0.3) is 0 Å². The van der Waals surface area contributed by atoms with E-state index in [1.807, 2.05) is 0 Å². The van der Waals surface area contributed by atoms with Crippen molar-refractivity contribution in [2.75, 3.05) is 19.4 Å². The molecule has 0 unspecified atom stereocenters. The van der Waals surface area contributed by atoms with Crippen LogP contribution in [-0.4, -0.2) is 38.6 Å². The summed E-state index contributed by atoms with van der Waals surface area (Å²) in [7, 11) is -3.08. The molecule has 0 amide bonds. The van der Waals surface area contributed by atoms with Crippen LogP contribution in [0.3, 0.4) is 0 Å². The highest BCUT2D eigenvalue weighted by Gasteiger charge is 2.45. The Morgan fingerprint density at radius 2 is 2.00 bits per heavy atom. The summed E-state index contributed by atoms with van der Waals surface area (Å²) >= 11 is 0. The minimum absolute atomic E-state index is 0.0305. The van der Waals surface area contributed by atoms with Crippen LogP contribution in [0.1, 0.15) is 12.8 Å². The van der Waals surface area contributed by atoms with Gasteiger partial charge in [0.1, 0.15) is 17.2 Å². The van der Waals surface area contributed by atoms with E-state index in [1.54, 1.807) is 0 Å². The third-order valence-electron chi connectivity index (χ3n) is 3.06. The largest absolute Gasteiger partial charge is 0.495 e. The molecule has 0 radical (unpaired) electrons. The van der Waals surface area contributed by atoms with Crippen molar-refractivity contribution in [3.63, 3.8) is 0 Å². The van der Waals surface area contributed by atoms with E-state index in [9.17, 15) is 21.6 Å². The Kier molecular flexibility index (Phi) is 4.07. The molecule has 21 heavy (non-hydrogen) atoms. The van der Waals surface area contributed by atoms with E-state index in [1.165, 1.54) is 19.2 Å². The molecule has 1 fully saturated rings. The van der Waals surface area contributed by atoms with E-state index in [-0.39, 0.29) is 16.3 Å². The van der Waals surface area contributed by atoms with Crippen molar-refractivity contribution in [3.05, 3.63) is 18.2 Å². The number of hydrogen-bond donors (Lipinski definition) is 1. The van der Waals surface area contributed by atoms with Gasteiger partial charge in [-0.05, 0) is 31.0 Å². The fourth-order valence-corrected chi connectivity index (χ4v) is 3.83. The Morgan fingerprint density at radius 1 is 1.38 bits per heavy atom. The Labute approximate surface area is 120 Å². The van der Waals surface area contributed by atoms with Gasteiger partial charge in [-0.1, -0.05) is 0 Å². The predicted octanol–water partition coefficient (Wildman–Crippen LogP) is 1.99. The number of sulfonamides is 1. The molecule has 118 valence electrons. The summed E-state index contributed by atoms with van der Waals surface area (Å²) in [6, 6.07) is 3.23. The molecule has 0 bridgehead atoms. The van der Waals surface area contributed by atoms with Crippen LogP contribution in [0.2, 0.25) is 0 Å². The van der Waals surface area contributed by atoms with Crippen LogP contribution in [-0.2, 0) is 10.0 Å². The lowest BCUT2D eigenvalue weighted by atomic mass is 10.3. The van der Waals surface area contributed by atoms with Gasteiger partial charge in [0.2, 0.25) is 10.0 Å². The highest BCUT2D eigenvalue weighted by Crippen LogP contribution is 2.37. The Morgan fingerprint density at radius 3 is 2.48 bits per heavy atom. The normalized spacial score (nSPS) is 16.2. The smallest absolute Gasteiger partial charge is 0.402 e. The maximum atomic E-state index is 12.6. The molecular weight excluding hydrogens is 309 g/mol. The zero-order valence-electron chi connectivity index (χ0n) is 11.2. The maximum Gasteiger partial charge on any atom is 0.402 e. The summed E-state index contributed by atoms with van der Waals surface area (Å²) in [6.07, 6.45) is -3.77. The van der Waals surface area contributed by atoms with Gasteiger partial charge in [-0.2, -0.15) is 17.5 Å². The number of halogens is 3. The van der Waals surface area contributed by atoms with Crippen molar-refractivity contribution in [1.29, 1.82) is 0 Å². The number of nitrogens with two attached hydrogens (primary N) is 1. The summed E-state index contributed by atoms with van der Waals surface area (Å²) in [5, 5.41) is 0. The van der Waals surface area contributed by atoms with E-state index in [0.717, 1.165) is 6.07 Å². The topological polar surface area (TPSA) is 72.6 Å². The highest BCUT2D eigenvalue weighted by molar-refractivity contribution is 7.89. The number of rotatable bonds is 5. The monoisotopic (exact) mass is 324 g/mol. The van der Waals surface area contributed by atoms with Gasteiger partial charge in [-0.15, -0.1) is 0 Å². The molecule has 1 saturated carbocycles. The first-order chi connectivity index (χ1) is 9.65. The maximum absolute atomic E-state index is 12.6. The zero-order chi connectivity index (χ0) is 15.8. The molecule has 1 aromatic carbocycles. The van der Waals surface area contributed by atoms with E-state index in [2.05, 4.69) is 0 Å². The molecule has 1 aliphatic carbocycles.